The zero-order chi connectivity index (χ0) is 63.2. The van der Waals surface area contributed by atoms with Crippen LogP contribution >= 0.6 is 0 Å². The van der Waals surface area contributed by atoms with Crippen LogP contribution in [0.4, 0.5) is 0 Å². The molecule has 9 saturated heterocycles. The quantitative estimate of drug-likeness (QED) is 0.204. The summed E-state index contributed by atoms with van der Waals surface area (Å²) in [5.74, 6) is 8.83. The Morgan fingerprint density at radius 1 is 0.494 bits per heavy atom. The highest BCUT2D eigenvalue weighted by Crippen LogP contribution is 2.29. The summed E-state index contributed by atoms with van der Waals surface area (Å²) in [6, 6.07) is 0. The van der Waals surface area contributed by atoms with Gasteiger partial charge in [-0.15, -0.1) is 0 Å². The molecule has 1 N–H and O–H groups in total. The number of carbonyl (C=O) groups excluding carboxylic acids is 4. The summed E-state index contributed by atoms with van der Waals surface area (Å²) in [6.07, 6.45) is 23.7. The molecule has 87 heavy (non-hydrogen) atoms. The van der Waals surface area contributed by atoms with E-state index in [2.05, 4.69) is 74.1 Å². The molecule has 0 spiro atoms. The first-order chi connectivity index (χ1) is 39.6. The van der Waals surface area contributed by atoms with Gasteiger partial charge in [0.05, 0.1) is 79.5 Å². The number of cyclic esters (lactones) is 2. The Balaban J connectivity index is -0.000000892. The summed E-state index contributed by atoms with van der Waals surface area (Å²) < 4.78 is 50.3. The van der Waals surface area contributed by atoms with E-state index >= 15 is 0 Å². The lowest BCUT2D eigenvalue weighted by Gasteiger charge is -2.33. The van der Waals surface area contributed by atoms with Crippen LogP contribution in [0.5, 0.6) is 0 Å². The summed E-state index contributed by atoms with van der Waals surface area (Å²) in [7, 11) is 1.69. The first kappa shape index (κ1) is 86.8. The van der Waals surface area contributed by atoms with Crippen molar-refractivity contribution in [3.05, 3.63) is 73.8 Å². The minimum Gasteiger partial charge on any atom is -0.498 e. The number of methoxy groups -OCH3 is 1. The van der Waals surface area contributed by atoms with Crippen molar-refractivity contribution in [2.45, 2.75) is 282 Å². The van der Waals surface area contributed by atoms with Crippen LogP contribution in [0.2, 0.25) is 0 Å². The van der Waals surface area contributed by atoms with Gasteiger partial charge in [-0.2, -0.15) is 0 Å². The van der Waals surface area contributed by atoms with Crippen LogP contribution in [0.3, 0.4) is 0 Å². The van der Waals surface area contributed by atoms with Crippen LogP contribution in [0.1, 0.15) is 246 Å². The van der Waals surface area contributed by atoms with E-state index < -0.39 is 5.60 Å². The minimum absolute atomic E-state index is 0. The van der Waals surface area contributed by atoms with Gasteiger partial charge in [0.15, 0.2) is 6.29 Å². The lowest BCUT2D eigenvalue weighted by atomic mass is 9.88. The highest BCUT2D eigenvalue weighted by molar-refractivity contribution is 5.82. The van der Waals surface area contributed by atoms with Crippen molar-refractivity contribution in [2.75, 3.05) is 46.8 Å². The lowest BCUT2D eigenvalue weighted by molar-refractivity contribution is -0.168. The van der Waals surface area contributed by atoms with Gasteiger partial charge in [0.25, 0.3) is 0 Å². The number of carbonyl (C=O) groups is 4. The molecule has 11 fully saturated rings. The highest BCUT2D eigenvalue weighted by atomic mass is 16.7. The van der Waals surface area contributed by atoms with Gasteiger partial charge in [0.2, 0.25) is 0 Å². The molecule has 0 aromatic heterocycles. The summed E-state index contributed by atoms with van der Waals surface area (Å²) in [6.45, 7) is 49.7. The second kappa shape index (κ2) is 49.4. The molecule has 508 valence electrons. The van der Waals surface area contributed by atoms with Crippen LogP contribution in [0, 0.1) is 35.5 Å². The second-order valence-electron chi connectivity index (χ2n) is 24.9. The molecule has 11 aliphatic rings. The van der Waals surface area contributed by atoms with E-state index in [0.717, 1.165) is 171 Å². The smallest absolute Gasteiger partial charge is 0.308 e. The molecule has 9 heterocycles. The SMILES string of the molecule is C.C.C.C=C1CC(C)CO1.C=C1CC(C)O1.C=C1CCC(C)CO1.C=C1CCC(C)O1.C=C1COCC(C)C1.C=C1OCC1C.CC1CCCC(=O)O1.CC1CCCC1=O.CC1CCCCC1=O.CCC1(O)CC(=O)OC(C)C1.COC1CCCCO1. The molecule has 0 radical (unpaired) electrons. The van der Waals surface area contributed by atoms with Gasteiger partial charge in [-0.1, -0.05) is 122 Å². The Labute approximate surface area is 531 Å². The largest absolute Gasteiger partial charge is 0.498 e. The second-order valence-corrected chi connectivity index (χ2v) is 24.9. The average Bonchev–Trinajstić information content (AvgIpc) is 4.18. The van der Waals surface area contributed by atoms with E-state index in [1.54, 1.807) is 14.0 Å². The van der Waals surface area contributed by atoms with Crippen LogP contribution in [0.25, 0.3) is 0 Å². The number of esters is 2. The molecular formula is C72H130O15. The maximum absolute atomic E-state index is 10.9. The molecule has 0 bridgehead atoms. The van der Waals surface area contributed by atoms with Crippen molar-refractivity contribution in [2.24, 2.45) is 35.5 Å². The molecule has 2 saturated carbocycles. The molecule has 12 unspecified atom stereocenters. The number of hydrogen-bond donors (Lipinski definition) is 1. The van der Waals surface area contributed by atoms with Crippen LogP contribution in [0.15, 0.2) is 73.8 Å². The van der Waals surface area contributed by atoms with Crippen LogP contribution in [-0.4, -0.2) is 112 Å². The zero-order valence-electron chi connectivity index (χ0n) is 54.8. The van der Waals surface area contributed by atoms with Crippen molar-refractivity contribution in [1.82, 2.24) is 0 Å². The third-order valence-corrected chi connectivity index (χ3v) is 15.5. The van der Waals surface area contributed by atoms with E-state index in [0.29, 0.717) is 72.6 Å². The molecule has 0 aromatic carbocycles. The minimum atomic E-state index is -0.811. The summed E-state index contributed by atoms with van der Waals surface area (Å²) in [5, 5.41) is 9.72. The van der Waals surface area contributed by atoms with Crippen molar-refractivity contribution >= 4 is 23.5 Å². The van der Waals surface area contributed by atoms with Crippen molar-refractivity contribution < 1.29 is 71.7 Å². The van der Waals surface area contributed by atoms with E-state index in [1.807, 2.05) is 34.6 Å². The van der Waals surface area contributed by atoms with Gasteiger partial charge in [0.1, 0.15) is 23.8 Å². The van der Waals surface area contributed by atoms with Gasteiger partial charge in [-0.25, -0.2) is 0 Å². The first-order valence-electron chi connectivity index (χ1n) is 31.8. The standard InChI is InChI=1S/C8H14O3.3C7H12O.C6H12O2.C6H10O2.3C6H10O.2C5H8O.3CH4/c1-3-8(10)4-6(2)11-7(9)5-8;1-6-3-7(2)5-8-4-6;1-6-3-4-7(2)8-5-6;1-6-4-2-3-5-7(6)8;1-7-6-4-2-3-5-8-6;1-5-3-2-4-6(7)8-5;1-5-3-6(2)7-4-5;1-5-3-4-6(2)7-5;1-5-3-2-4-6(5)7;1-4-3-6-5(4)2;1-4-3-5(2)6-4;;;/h6,10H,3-5H2,1-2H3;7H,1,3-5H2,2H3;3*6H,2-5H2,1H3;5H,2-4H2,1H3;5H,2-4H2,1H3;6H,1,3-4H2,2H3;5H,2-4H2,1H3;4H,2-3H2,1H3;5H,1,3H2,2H3;3*1H4. The predicted molar refractivity (Wildman–Crippen MR) is 354 cm³/mol. The van der Waals surface area contributed by atoms with E-state index in [-0.39, 0.29) is 59.1 Å². The molecule has 0 amide bonds. The number of ketones is 2. The molecule has 0 aromatic rings. The van der Waals surface area contributed by atoms with Gasteiger partial charge in [0, 0.05) is 89.4 Å². The molecule has 15 heteroatoms. The van der Waals surface area contributed by atoms with Gasteiger partial charge in [-0.05, 0) is 129 Å². The fourth-order valence-electron chi connectivity index (χ4n) is 9.71. The third kappa shape index (κ3) is 43.8. The maximum atomic E-state index is 10.9. The number of ether oxygens (including phenoxy) is 10. The summed E-state index contributed by atoms with van der Waals surface area (Å²) in [4.78, 5) is 42.7. The van der Waals surface area contributed by atoms with E-state index in [1.165, 1.54) is 31.3 Å². The third-order valence-electron chi connectivity index (χ3n) is 15.5. The van der Waals surface area contributed by atoms with E-state index in [9.17, 15) is 24.3 Å². The lowest BCUT2D eigenvalue weighted by Crippen LogP contribution is -2.41. The van der Waals surface area contributed by atoms with Crippen LogP contribution < -0.4 is 0 Å². The highest BCUT2D eigenvalue weighted by Gasteiger charge is 2.36. The van der Waals surface area contributed by atoms with Gasteiger partial charge < -0.3 is 52.5 Å². The Morgan fingerprint density at radius 2 is 1.02 bits per heavy atom. The topological polar surface area (TPSA) is 181 Å². The zero-order valence-corrected chi connectivity index (χ0v) is 54.8. The summed E-state index contributed by atoms with van der Waals surface area (Å²) >= 11 is 0. The number of rotatable bonds is 2. The molecule has 2 aliphatic carbocycles. The van der Waals surface area contributed by atoms with Crippen LogP contribution in [-0.2, 0) is 66.5 Å². The summed E-state index contributed by atoms with van der Waals surface area (Å²) in [5.41, 5.74) is 0.429. The number of allylic oxidation sites excluding steroid dienone is 3. The molecule has 11 rings (SSSR count). The normalized spacial score (nSPS) is 30.5. The van der Waals surface area contributed by atoms with E-state index in [4.69, 9.17) is 47.4 Å². The fourth-order valence-corrected chi connectivity index (χ4v) is 9.71. The maximum Gasteiger partial charge on any atom is 0.308 e. The Morgan fingerprint density at radius 3 is 1.29 bits per heavy atom. The number of aliphatic hydroxyl groups is 1. The average molecular weight is 1240 g/mol. The Hall–Kier alpha value is -4.44. The Bertz CT molecular complexity index is 1910. The van der Waals surface area contributed by atoms with Crippen molar-refractivity contribution in [1.29, 1.82) is 0 Å². The molecular weight excluding hydrogens is 1100 g/mol. The Kier molecular flexibility index (Phi) is 49.2. The van der Waals surface area contributed by atoms with Crippen molar-refractivity contribution in [3.63, 3.8) is 0 Å². The molecule has 12 atom stereocenters. The molecule has 15 nitrogen and oxygen atoms in total. The van der Waals surface area contributed by atoms with Gasteiger partial charge in [-0.3, -0.25) is 19.2 Å². The van der Waals surface area contributed by atoms with Crippen molar-refractivity contribution in [3.8, 4) is 0 Å². The number of hydrogen-bond acceptors (Lipinski definition) is 15. The first-order valence-corrected chi connectivity index (χ1v) is 31.8. The predicted octanol–water partition coefficient (Wildman–Crippen LogP) is 17.4. The monoisotopic (exact) mass is 1230 g/mol. The number of Topliss-reactive ketones (excluding diaryl/α,β-unsaturated/α-hetero) is 2. The molecule has 9 aliphatic heterocycles. The van der Waals surface area contributed by atoms with Gasteiger partial charge >= 0.3 is 11.9 Å². The fraction of sp³-hybridized carbons (Fsp3) is 0.778.